The highest BCUT2D eigenvalue weighted by Gasteiger charge is 2.29. The van der Waals surface area contributed by atoms with Gasteiger partial charge in [0.1, 0.15) is 5.75 Å². The van der Waals surface area contributed by atoms with Crippen molar-refractivity contribution in [2.75, 3.05) is 33.4 Å². The van der Waals surface area contributed by atoms with E-state index in [1.54, 1.807) is 7.11 Å². The van der Waals surface area contributed by atoms with Gasteiger partial charge in [-0.05, 0) is 40.8 Å². The minimum atomic E-state index is 0.0600. The normalized spacial score (nSPS) is 15.6. The zero-order valence-corrected chi connectivity index (χ0v) is 21.1. The van der Waals surface area contributed by atoms with E-state index < -0.39 is 0 Å². The molecule has 0 aliphatic carbocycles. The molecule has 186 valence electrons. The number of methoxy groups -OCH3 is 1. The zero-order chi connectivity index (χ0) is 24.9. The number of benzene rings is 3. The van der Waals surface area contributed by atoms with Crippen molar-refractivity contribution in [2.24, 2.45) is 0 Å². The van der Waals surface area contributed by atoms with Gasteiger partial charge in [-0.2, -0.15) is 0 Å². The average molecular weight is 483 g/mol. The molecule has 1 aliphatic heterocycles. The number of ether oxygens (including phenoxy) is 2. The maximum Gasteiger partial charge on any atom is 0.223 e. The molecular formula is C31H34N2O3. The van der Waals surface area contributed by atoms with E-state index in [0.29, 0.717) is 32.7 Å². The lowest BCUT2D eigenvalue weighted by Gasteiger charge is -2.30. The third-order valence-electron chi connectivity index (χ3n) is 7.42. The van der Waals surface area contributed by atoms with Crippen LogP contribution in [-0.2, 0) is 16.1 Å². The topological polar surface area (TPSA) is 43.7 Å². The fraction of sp³-hybridized carbons (Fsp3) is 0.323. The van der Waals surface area contributed by atoms with Crippen molar-refractivity contribution in [1.82, 2.24) is 9.47 Å². The van der Waals surface area contributed by atoms with Gasteiger partial charge < -0.3 is 18.9 Å². The summed E-state index contributed by atoms with van der Waals surface area (Å²) in [4.78, 5) is 15.4. The SMILES string of the molecule is COc1ccc(Cn2cc([C@@H](CC(=O)N3CCOCC3)[C@H](C)c3ccccc3)c3ccccc32)cc1. The second-order valence-corrected chi connectivity index (χ2v) is 9.58. The smallest absolute Gasteiger partial charge is 0.223 e. The Kier molecular flexibility index (Phi) is 7.38. The van der Waals surface area contributed by atoms with Crippen molar-refractivity contribution in [3.05, 3.63) is 102 Å². The van der Waals surface area contributed by atoms with Gasteiger partial charge >= 0.3 is 0 Å². The predicted octanol–water partition coefficient (Wildman–Crippen LogP) is 5.83. The molecule has 0 N–H and O–H groups in total. The van der Waals surface area contributed by atoms with Crippen molar-refractivity contribution in [3.8, 4) is 5.75 Å². The first-order chi connectivity index (χ1) is 17.6. The Morgan fingerprint density at radius 3 is 2.36 bits per heavy atom. The molecule has 5 rings (SSSR count). The molecule has 5 heteroatoms. The Balaban J connectivity index is 1.53. The highest BCUT2D eigenvalue weighted by atomic mass is 16.5. The van der Waals surface area contributed by atoms with Crippen LogP contribution in [0.1, 0.15) is 41.9 Å². The predicted molar refractivity (Wildman–Crippen MR) is 144 cm³/mol. The van der Waals surface area contributed by atoms with Crippen LogP contribution >= 0.6 is 0 Å². The number of hydrogen-bond acceptors (Lipinski definition) is 3. The van der Waals surface area contributed by atoms with Crippen LogP contribution in [0.25, 0.3) is 10.9 Å². The van der Waals surface area contributed by atoms with Crippen LogP contribution in [0, 0.1) is 0 Å². The summed E-state index contributed by atoms with van der Waals surface area (Å²) < 4.78 is 13.1. The molecular weight excluding hydrogens is 448 g/mol. The second kappa shape index (κ2) is 11.0. The average Bonchev–Trinajstić information content (AvgIpc) is 3.30. The third kappa shape index (κ3) is 5.17. The number of carbonyl (C=O) groups excluding carboxylic acids is 1. The first kappa shape index (κ1) is 24.1. The minimum Gasteiger partial charge on any atom is -0.497 e. The number of carbonyl (C=O) groups is 1. The molecule has 2 atom stereocenters. The van der Waals surface area contributed by atoms with Crippen molar-refractivity contribution in [3.63, 3.8) is 0 Å². The highest BCUT2D eigenvalue weighted by Crippen LogP contribution is 2.40. The van der Waals surface area contributed by atoms with E-state index in [1.165, 1.54) is 27.6 Å². The van der Waals surface area contributed by atoms with Crippen LogP contribution in [0.2, 0.25) is 0 Å². The van der Waals surface area contributed by atoms with Crippen molar-refractivity contribution < 1.29 is 14.3 Å². The van der Waals surface area contributed by atoms with Crippen molar-refractivity contribution >= 4 is 16.8 Å². The quantitative estimate of drug-likeness (QED) is 0.317. The Morgan fingerprint density at radius 2 is 1.64 bits per heavy atom. The maximum absolute atomic E-state index is 13.5. The summed E-state index contributed by atoms with van der Waals surface area (Å²) in [7, 11) is 1.69. The van der Waals surface area contributed by atoms with Crippen LogP contribution in [-0.4, -0.2) is 48.8 Å². The van der Waals surface area contributed by atoms with Gasteiger partial charge in [-0.25, -0.2) is 0 Å². The standard InChI is InChI=1S/C31H34N2O3/c1-23(25-8-4-3-5-9-25)28(20-31(34)32-16-18-36-19-17-32)29-22-33(30-11-7-6-10-27(29)30)21-24-12-14-26(35-2)15-13-24/h3-15,22-23,28H,16-21H2,1-2H3/t23-,28+/m1/s1. The van der Waals surface area contributed by atoms with E-state index in [1.807, 2.05) is 23.1 Å². The van der Waals surface area contributed by atoms with Gasteiger partial charge in [0.25, 0.3) is 0 Å². The van der Waals surface area contributed by atoms with Gasteiger partial charge in [-0.1, -0.05) is 67.6 Å². The number of hydrogen-bond donors (Lipinski definition) is 0. The van der Waals surface area contributed by atoms with E-state index in [0.717, 1.165) is 12.3 Å². The number of para-hydroxylation sites is 1. The summed E-state index contributed by atoms with van der Waals surface area (Å²) in [5.74, 6) is 1.31. The number of morpholine rings is 1. The fourth-order valence-electron chi connectivity index (χ4n) is 5.30. The first-order valence-electron chi connectivity index (χ1n) is 12.7. The summed E-state index contributed by atoms with van der Waals surface area (Å²) in [5.41, 5.74) is 4.88. The summed E-state index contributed by atoms with van der Waals surface area (Å²) in [5, 5.41) is 1.22. The molecule has 1 saturated heterocycles. The second-order valence-electron chi connectivity index (χ2n) is 9.58. The van der Waals surface area contributed by atoms with Gasteiger partial charge in [0, 0.05) is 49.1 Å². The molecule has 0 saturated carbocycles. The number of fused-ring (bicyclic) bond motifs is 1. The van der Waals surface area contributed by atoms with Crippen LogP contribution in [0.4, 0.5) is 0 Å². The number of aromatic nitrogens is 1. The molecule has 0 radical (unpaired) electrons. The largest absolute Gasteiger partial charge is 0.497 e. The van der Waals surface area contributed by atoms with Crippen LogP contribution in [0.15, 0.2) is 85.1 Å². The van der Waals surface area contributed by atoms with Gasteiger partial charge in [0.15, 0.2) is 0 Å². The highest BCUT2D eigenvalue weighted by molar-refractivity contribution is 5.86. The monoisotopic (exact) mass is 482 g/mol. The van der Waals surface area contributed by atoms with Crippen LogP contribution in [0.5, 0.6) is 5.75 Å². The lowest BCUT2D eigenvalue weighted by Crippen LogP contribution is -2.41. The van der Waals surface area contributed by atoms with Crippen LogP contribution < -0.4 is 4.74 Å². The number of rotatable bonds is 8. The van der Waals surface area contributed by atoms with Crippen LogP contribution in [0.3, 0.4) is 0 Å². The van der Waals surface area contributed by atoms with E-state index in [-0.39, 0.29) is 17.7 Å². The minimum absolute atomic E-state index is 0.0600. The van der Waals surface area contributed by atoms with E-state index in [9.17, 15) is 4.79 Å². The Labute approximate surface area is 213 Å². The van der Waals surface area contributed by atoms with Crippen molar-refractivity contribution in [2.45, 2.75) is 31.7 Å². The molecule has 0 unspecified atom stereocenters. The summed E-state index contributed by atoms with van der Waals surface area (Å²) >= 11 is 0. The van der Waals surface area contributed by atoms with Crippen molar-refractivity contribution in [1.29, 1.82) is 0 Å². The van der Waals surface area contributed by atoms with Gasteiger partial charge in [-0.15, -0.1) is 0 Å². The zero-order valence-electron chi connectivity index (χ0n) is 21.1. The summed E-state index contributed by atoms with van der Waals surface area (Å²) in [6, 6.07) is 27.3. The molecule has 3 aromatic carbocycles. The molecule has 4 aromatic rings. The molecule has 5 nitrogen and oxygen atoms in total. The fourth-order valence-corrected chi connectivity index (χ4v) is 5.30. The third-order valence-corrected chi connectivity index (χ3v) is 7.42. The molecule has 36 heavy (non-hydrogen) atoms. The summed E-state index contributed by atoms with van der Waals surface area (Å²) in [6.45, 7) is 5.59. The maximum atomic E-state index is 13.5. The number of nitrogens with zero attached hydrogens (tertiary/aromatic N) is 2. The van der Waals surface area contributed by atoms with Gasteiger partial charge in [0.05, 0.1) is 20.3 Å². The Bertz CT molecular complexity index is 1290. The lowest BCUT2D eigenvalue weighted by molar-refractivity contribution is -0.135. The van der Waals surface area contributed by atoms with E-state index >= 15 is 0 Å². The molecule has 1 aromatic heterocycles. The molecule has 2 heterocycles. The summed E-state index contributed by atoms with van der Waals surface area (Å²) in [6.07, 6.45) is 2.75. The Hall–Kier alpha value is -3.57. The molecule has 1 aliphatic rings. The van der Waals surface area contributed by atoms with E-state index in [4.69, 9.17) is 9.47 Å². The molecule has 0 spiro atoms. The molecule has 1 amide bonds. The van der Waals surface area contributed by atoms with Gasteiger partial charge in [0.2, 0.25) is 5.91 Å². The lowest BCUT2D eigenvalue weighted by atomic mass is 9.80. The Morgan fingerprint density at radius 1 is 0.944 bits per heavy atom. The van der Waals surface area contributed by atoms with Gasteiger partial charge in [-0.3, -0.25) is 4.79 Å². The first-order valence-corrected chi connectivity index (χ1v) is 12.7. The molecule has 1 fully saturated rings. The van der Waals surface area contributed by atoms with E-state index in [2.05, 4.69) is 78.4 Å². The molecule has 0 bridgehead atoms. The number of amides is 1.